The van der Waals surface area contributed by atoms with Crippen molar-refractivity contribution in [2.75, 3.05) is 6.54 Å². The summed E-state index contributed by atoms with van der Waals surface area (Å²) >= 11 is 0. The Morgan fingerprint density at radius 1 is 1.58 bits per heavy atom. The molecule has 0 saturated carbocycles. The molecule has 1 N–H and O–H groups in total. The first kappa shape index (κ1) is 12.7. The lowest BCUT2D eigenvalue weighted by molar-refractivity contribution is 0.0942. The predicted octanol–water partition coefficient (Wildman–Crippen LogP) is 1.50. The highest BCUT2D eigenvalue weighted by molar-refractivity contribution is 5.90. The Bertz CT molecular complexity index is 660. The highest BCUT2D eigenvalue weighted by atomic mass is 19.1. The fourth-order valence-electron chi connectivity index (χ4n) is 1.48. The van der Waals surface area contributed by atoms with E-state index in [-0.39, 0.29) is 22.8 Å². The van der Waals surface area contributed by atoms with Crippen LogP contribution in [0.2, 0.25) is 0 Å². The van der Waals surface area contributed by atoms with Gasteiger partial charge in [-0.2, -0.15) is 10.2 Å². The number of hydrogen-bond donors (Lipinski definition) is 1. The first-order valence-corrected chi connectivity index (χ1v) is 5.48. The van der Waals surface area contributed by atoms with Gasteiger partial charge < -0.3 is 9.84 Å². The average Bonchev–Trinajstić information content (AvgIpc) is 2.88. The second-order valence-electron chi connectivity index (χ2n) is 3.56. The molecule has 0 radical (unpaired) electrons. The van der Waals surface area contributed by atoms with Gasteiger partial charge >= 0.3 is 0 Å². The maximum atomic E-state index is 13.4. The van der Waals surface area contributed by atoms with Crippen LogP contribution in [0.1, 0.15) is 23.1 Å². The second-order valence-corrected chi connectivity index (χ2v) is 3.56. The van der Waals surface area contributed by atoms with Crippen LogP contribution in [0.25, 0.3) is 11.5 Å². The van der Waals surface area contributed by atoms with Crippen LogP contribution in [-0.2, 0) is 0 Å². The summed E-state index contributed by atoms with van der Waals surface area (Å²) in [6.45, 7) is 2.17. The molecule has 96 valence electrons. The Morgan fingerprint density at radius 3 is 3.05 bits per heavy atom. The molecule has 1 amide bonds. The van der Waals surface area contributed by atoms with E-state index in [0.29, 0.717) is 6.54 Å². The standard InChI is InChI=1S/C12H9FN4O2/c1-2-15-11(18)10-16-12(19-17-10)7-4-3-5-9(13)8(7)6-14/h3-5H,2H2,1H3,(H,15,18). The smallest absolute Gasteiger partial charge is 0.292 e. The van der Waals surface area contributed by atoms with Crippen molar-refractivity contribution in [2.24, 2.45) is 0 Å². The monoisotopic (exact) mass is 260 g/mol. The van der Waals surface area contributed by atoms with Crippen molar-refractivity contribution < 1.29 is 13.7 Å². The Kier molecular flexibility index (Phi) is 3.52. The number of carbonyl (C=O) groups is 1. The van der Waals surface area contributed by atoms with E-state index < -0.39 is 11.7 Å². The Balaban J connectivity index is 2.42. The van der Waals surface area contributed by atoms with Gasteiger partial charge in [-0.25, -0.2) is 4.39 Å². The second kappa shape index (κ2) is 5.27. The molecule has 0 spiro atoms. The quantitative estimate of drug-likeness (QED) is 0.902. The van der Waals surface area contributed by atoms with Gasteiger partial charge in [0.2, 0.25) is 0 Å². The van der Waals surface area contributed by atoms with Gasteiger partial charge in [-0.05, 0) is 19.1 Å². The first-order chi connectivity index (χ1) is 9.17. The van der Waals surface area contributed by atoms with Crippen LogP contribution >= 0.6 is 0 Å². The molecule has 1 aromatic heterocycles. The molecule has 0 aliphatic carbocycles. The summed E-state index contributed by atoms with van der Waals surface area (Å²) in [5.41, 5.74) is -0.0425. The third-order valence-electron chi connectivity index (χ3n) is 2.32. The number of rotatable bonds is 3. The summed E-state index contributed by atoms with van der Waals surface area (Å²) in [4.78, 5) is 15.3. The molecule has 0 bridgehead atoms. The van der Waals surface area contributed by atoms with Gasteiger partial charge in [-0.3, -0.25) is 4.79 Å². The average molecular weight is 260 g/mol. The van der Waals surface area contributed by atoms with E-state index in [1.165, 1.54) is 12.1 Å². The predicted molar refractivity (Wildman–Crippen MR) is 62.4 cm³/mol. The van der Waals surface area contributed by atoms with Crippen LogP contribution in [-0.4, -0.2) is 22.6 Å². The summed E-state index contributed by atoms with van der Waals surface area (Å²) < 4.78 is 18.3. The molecule has 1 heterocycles. The molecule has 0 atom stereocenters. The van der Waals surface area contributed by atoms with Crippen molar-refractivity contribution >= 4 is 5.91 Å². The Hall–Kier alpha value is -2.75. The number of aromatic nitrogens is 2. The van der Waals surface area contributed by atoms with Crippen molar-refractivity contribution in [3.05, 3.63) is 35.4 Å². The minimum absolute atomic E-state index is 0.0719. The lowest BCUT2D eigenvalue weighted by atomic mass is 10.1. The van der Waals surface area contributed by atoms with Gasteiger partial charge in [0, 0.05) is 6.54 Å². The molecule has 7 heteroatoms. The number of carbonyl (C=O) groups excluding carboxylic acids is 1. The molecule has 6 nitrogen and oxygen atoms in total. The molecule has 0 unspecified atom stereocenters. The lowest BCUT2D eigenvalue weighted by Crippen LogP contribution is -2.23. The summed E-state index contributed by atoms with van der Waals surface area (Å²) in [6, 6.07) is 5.77. The molecule has 2 rings (SSSR count). The number of hydrogen-bond acceptors (Lipinski definition) is 5. The number of nitrogens with zero attached hydrogens (tertiary/aromatic N) is 3. The van der Waals surface area contributed by atoms with E-state index >= 15 is 0 Å². The largest absolute Gasteiger partial charge is 0.349 e. The fourth-order valence-corrected chi connectivity index (χ4v) is 1.48. The van der Waals surface area contributed by atoms with Crippen molar-refractivity contribution in [1.82, 2.24) is 15.5 Å². The minimum Gasteiger partial charge on any atom is -0.349 e. The van der Waals surface area contributed by atoms with Gasteiger partial charge in [0.05, 0.1) is 5.56 Å². The first-order valence-electron chi connectivity index (χ1n) is 5.48. The highest BCUT2D eigenvalue weighted by Gasteiger charge is 2.18. The Labute approximate surface area is 107 Å². The normalized spacial score (nSPS) is 9.95. The molecule has 0 saturated heterocycles. The van der Waals surface area contributed by atoms with Gasteiger partial charge in [0.25, 0.3) is 17.6 Å². The maximum Gasteiger partial charge on any atom is 0.292 e. The van der Waals surface area contributed by atoms with E-state index in [2.05, 4.69) is 15.5 Å². The van der Waals surface area contributed by atoms with Gasteiger partial charge in [0.1, 0.15) is 17.4 Å². The maximum absolute atomic E-state index is 13.4. The summed E-state index contributed by atoms with van der Waals surface area (Å²) in [5, 5.41) is 14.9. The Morgan fingerprint density at radius 2 is 2.37 bits per heavy atom. The van der Waals surface area contributed by atoms with E-state index in [1.807, 2.05) is 0 Å². The highest BCUT2D eigenvalue weighted by Crippen LogP contribution is 2.23. The molecule has 0 fully saturated rings. The zero-order valence-electron chi connectivity index (χ0n) is 9.98. The van der Waals surface area contributed by atoms with E-state index in [4.69, 9.17) is 9.78 Å². The van der Waals surface area contributed by atoms with E-state index in [0.717, 1.165) is 6.07 Å². The zero-order valence-corrected chi connectivity index (χ0v) is 9.98. The van der Waals surface area contributed by atoms with Gasteiger partial charge in [-0.1, -0.05) is 11.2 Å². The van der Waals surface area contributed by atoms with E-state index in [9.17, 15) is 9.18 Å². The number of nitriles is 1. The van der Waals surface area contributed by atoms with E-state index in [1.54, 1.807) is 13.0 Å². The topological polar surface area (TPSA) is 91.8 Å². The van der Waals surface area contributed by atoms with Crippen molar-refractivity contribution in [3.8, 4) is 17.5 Å². The minimum atomic E-state index is -0.683. The van der Waals surface area contributed by atoms with Crippen LogP contribution in [0, 0.1) is 17.1 Å². The van der Waals surface area contributed by atoms with Crippen LogP contribution in [0.5, 0.6) is 0 Å². The molecular formula is C12H9FN4O2. The van der Waals surface area contributed by atoms with Crippen molar-refractivity contribution in [3.63, 3.8) is 0 Å². The zero-order chi connectivity index (χ0) is 13.8. The molecular weight excluding hydrogens is 251 g/mol. The number of benzene rings is 1. The fraction of sp³-hybridized carbons (Fsp3) is 0.167. The number of nitrogens with one attached hydrogen (secondary N) is 1. The van der Waals surface area contributed by atoms with Crippen LogP contribution in [0.15, 0.2) is 22.7 Å². The number of amides is 1. The van der Waals surface area contributed by atoms with Crippen LogP contribution in [0.4, 0.5) is 4.39 Å². The molecule has 0 aliphatic heterocycles. The van der Waals surface area contributed by atoms with Crippen molar-refractivity contribution in [2.45, 2.75) is 6.92 Å². The van der Waals surface area contributed by atoms with Crippen LogP contribution in [0.3, 0.4) is 0 Å². The van der Waals surface area contributed by atoms with Crippen molar-refractivity contribution in [1.29, 1.82) is 5.26 Å². The van der Waals surface area contributed by atoms with Crippen LogP contribution < -0.4 is 5.32 Å². The third-order valence-corrected chi connectivity index (χ3v) is 2.32. The lowest BCUT2D eigenvalue weighted by Gasteiger charge is -1.98. The molecule has 19 heavy (non-hydrogen) atoms. The summed E-state index contributed by atoms with van der Waals surface area (Å²) in [5.74, 6) is -1.41. The molecule has 1 aromatic carbocycles. The summed E-state index contributed by atoms with van der Waals surface area (Å²) in [6.07, 6.45) is 0. The molecule has 2 aromatic rings. The number of halogens is 1. The SMILES string of the molecule is CCNC(=O)c1noc(-c2cccc(F)c2C#N)n1. The van der Waals surface area contributed by atoms with Gasteiger partial charge in [0.15, 0.2) is 0 Å². The molecule has 0 aliphatic rings. The third kappa shape index (κ3) is 2.42. The summed E-state index contributed by atoms with van der Waals surface area (Å²) in [7, 11) is 0. The van der Waals surface area contributed by atoms with Gasteiger partial charge in [-0.15, -0.1) is 0 Å².